The van der Waals surface area contributed by atoms with Gasteiger partial charge in [-0.05, 0) is 30.7 Å². The number of methoxy groups -OCH3 is 2. The van der Waals surface area contributed by atoms with Crippen LogP contribution in [0.5, 0.6) is 11.5 Å². The first-order valence-electron chi connectivity index (χ1n) is 8.63. The number of benzene rings is 2. The molecule has 1 saturated heterocycles. The summed E-state index contributed by atoms with van der Waals surface area (Å²) in [4.78, 5) is 26.7. The third kappa shape index (κ3) is 3.89. The molecule has 2 aromatic carbocycles. The number of ether oxygens (including phenoxy) is 2. The van der Waals surface area contributed by atoms with E-state index in [1.165, 1.54) is 31.3 Å². The summed E-state index contributed by atoms with van der Waals surface area (Å²) < 4.78 is 24.0. The first-order chi connectivity index (χ1) is 13.3. The van der Waals surface area contributed by atoms with Crippen molar-refractivity contribution in [3.05, 3.63) is 46.7 Å². The molecule has 6 nitrogen and oxygen atoms in total. The summed E-state index contributed by atoms with van der Waals surface area (Å²) in [6.45, 7) is 1.93. The Balaban J connectivity index is 1.81. The van der Waals surface area contributed by atoms with Crippen molar-refractivity contribution in [1.29, 1.82) is 0 Å². The van der Waals surface area contributed by atoms with Gasteiger partial charge in [-0.25, -0.2) is 4.39 Å². The predicted molar refractivity (Wildman–Crippen MR) is 105 cm³/mol. The number of amides is 2. The summed E-state index contributed by atoms with van der Waals surface area (Å²) in [6, 6.07) is 7.34. The average Bonchev–Trinajstić information content (AvgIpc) is 3.06. The van der Waals surface area contributed by atoms with Crippen LogP contribution in [0.3, 0.4) is 0 Å². The smallest absolute Gasteiger partial charge is 0.229 e. The number of hydrogen-bond acceptors (Lipinski definition) is 4. The van der Waals surface area contributed by atoms with E-state index in [0.717, 1.165) is 5.56 Å². The molecule has 1 aliphatic heterocycles. The lowest BCUT2D eigenvalue weighted by atomic mass is 10.1. The van der Waals surface area contributed by atoms with Crippen LogP contribution in [-0.4, -0.2) is 32.6 Å². The van der Waals surface area contributed by atoms with Gasteiger partial charge < -0.3 is 19.7 Å². The fourth-order valence-corrected chi connectivity index (χ4v) is 3.37. The van der Waals surface area contributed by atoms with Gasteiger partial charge in [0.05, 0.1) is 30.8 Å². The van der Waals surface area contributed by atoms with Gasteiger partial charge in [-0.15, -0.1) is 0 Å². The third-order valence-electron chi connectivity index (χ3n) is 4.70. The van der Waals surface area contributed by atoms with Gasteiger partial charge >= 0.3 is 0 Å². The van der Waals surface area contributed by atoms with Crippen molar-refractivity contribution in [3.8, 4) is 11.5 Å². The molecule has 0 unspecified atom stereocenters. The normalized spacial score (nSPS) is 16.2. The quantitative estimate of drug-likeness (QED) is 0.820. The number of halogens is 2. The maximum atomic E-state index is 13.5. The molecule has 1 fully saturated rings. The van der Waals surface area contributed by atoms with Crippen molar-refractivity contribution in [2.24, 2.45) is 5.92 Å². The van der Waals surface area contributed by atoms with E-state index < -0.39 is 11.7 Å². The lowest BCUT2D eigenvalue weighted by molar-refractivity contribution is -0.122. The second-order valence-corrected chi connectivity index (χ2v) is 6.92. The highest BCUT2D eigenvalue weighted by Crippen LogP contribution is 2.40. The van der Waals surface area contributed by atoms with E-state index in [1.54, 1.807) is 25.1 Å². The van der Waals surface area contributed by atoms with Crippen LogP contribution >= 0.6 is 11.6 Å². The Morgan fingerprint density at radius 2 is 1.93 bits per heavy atom. The highest BCUT2D eigenvalue weighted by molar-refractivity contribution is 6.32. The van der Waals surface area contributed by atoms with Crippen LogP contribution < -0.4 is 19.7 Å². The molecule has 2 amide bonds. The van der Waals surface area contributed by atoms with Gasteiger partial charge in [0.2, 0.25) is 11.8 Å². The minimum absolute atomic E-state index is 0.0347. The van der Waals surface area contributed by atoms with Crippen LogP contribution in [0.1, 0.15) is 12.0 Å². The maximum absolute atomic E-state index is 13.5. The zero-order valence-corrected chi connectivity index (χ0v) is 16.5. The molecule has 0 spiro atoms. The lowest BCUT2D eigenvalue weighted by Crippen LogP contribution is -2.28. The largest absolute Gasteiger partial charge is 0.495 e. The summed E-state index contributed by atoms with van der Waals surface area (Å²) in [5.74, 6) is -0.761. The third-order valence-corrected chi connectivity index (χ3v) is 4.99. The molecule has 1 heterocycles. The van der Waals surface area contributed by atoms with Crippen molar-refractivity contribution in [2.45, 2.75) is 13.3 Å². The van der Waals surface area contributed by atoms with Crippen LogP contribution in [-0.2, 0) is 9.59 Å². The molecule has 3 rings (SSSR count). The predicted octanol–water partition coefficient (Wildman–Crippen LogP) is 3.80. The Labute approximate surface area is 167 Å². The number of nitrogens with one attached hydrogen (secondary N) is 1. The Hall–Kier alpha value is -2.80. The highest BCUT2D eigenvalue weighted by Gasteiger charge is 2.37. The fraction of sp³-hybridized carbons (Fsp3) is 0.300. The second kappa shape index (κ2) is 8.06. The van der Waals surface area contributed by atoms with E-state index >= 15 is 0 Å². The van der Waals surface area contributed by atoms with E-state index in [9.17, 15) is 14.0 Å². The summed E-state index contributed by atoms with van der Waals surface area (Å²) >= 11 is 6.19. The molecule has 0 aliphatic carbocycles. The van der Waals surface area contributed by atoms with E-state index in [1.807, 2.05) is 0 Å². The molecule has 1 atom stereocenters. The van der Waals surface area contributed by atoms with E-state index in [2.05, 4.69) is 5.32 Å². The van der Waals surface area contributed by atoms with Gasteiger partial charge in [-0.3, -0.25) is 9.59 Å². The first kappa shape index (κ1) is 19.9. The van der Waals surface area contributed by atoms with E-state index in [4.69, 9.17) is 21.1 Å². The number of rotatable bonds is 5. The molecule has 1 aliphatic rings. The number of anilines is 2. The van der Waals surface area contributed by atoms with Gasteiger partial charge in [0.15, 0.2) is 0 Å². The van der Waals surface area contributed by atoms with Crippen molar-refractivity contribution in [1.82, 2.24) is 0 Å². The zero-order chi connectivity index (χ0) is 20.4. The summed E-state index contributed by atoms with van der Waals surface area (Å²) in [7, 11) is 2.96. The van der Waals surface area contributed by atoms with Crippen molar-refractivity contribution in [2.75, 3.05) is 31.0 Å². The van der Waals surface area contributed by atoms with Gasteiger partial charge in [0.1, 0.15) is 17.3 Å². The Kier molecular flexibility index (Phi) is 5.74. The van der Waals surface area contributed by atoms with E-state index in [-0.39, 0.29) is 24.8 Å². The first-order valence-corrected chi connectivity index (χ1v) is 9.00. The Morgan fingerprint density at radius 3 is 2.61 bits per heavy atom. The second-order valence-electron chi connectivity index (χ2n) is 6.51. The fourth-order valence-electron chi connectivity index (χ4n) is 3.13. The number of carbonyl (C=O) groups excluding carboxylic acids is 2. The number of nitrogens with zero attached hydrogens (tertiary/aromatic N) is 1. The average molecular weight is 407 g/mol. The molecule has 148 valence electrons. The molecule has 0 aromatic heterocycles. The molecule has 2 aromatic rings. The number of carbonyl (C=O) groups is 2. The van der Waals surface area contributed by atoms with Crippen LogP contribution in [0, 0.1) is 18.7 Å². The van der Waals surface area contributed by atoms with Gasteiger partial charge in [-0.2, -0.15) is 0 Å². The molecular weight excluding hydrogens is 387 g/mol. The number of aryl methyl sites for hydroxylation is 1. The van der Waals surface area contributed by atoms with Crippen molar-refractivity contribution < 1.29 is 23.5 Å². The zero-order valence-electron chi connectivity index (χ0n) is 15.7. The standard InChI is InChI=1S/C20H20ClFN2O4/c1-11-4-5-13(22)7-15(11)23-20(26)12-6-19(25)24(10-12)16-8-14(21)17(27-2)9-18(16)28-3/h4-5,7-9,12H,6,10H2,1-3H3,(H,23,26)/t12-/m0/s1. The van der Waals surface area contributed by atoms with Crippen molar-refractivity contribution in [3.63, 3.8) is 0 Å². The maximum Gasteiger partial charge on any atom is 0.229 e. The van der Waals surface area contributed by atoms with Crippen LogP contribution in [0.25, 0.3) is 0 Å². The summed E-state index contributed by atoms with van der Waals surface area (Å²) in [5.41, 5.74) is 1.59. The van der Waals surface area contributed by atoms with Crippen LogP contribution in [0.2, 0.25) is 5.02 Å². The van der Waals surface area contributed by atoms with Crippen molar-refractivity contribution >= 4 is 34.8 Å². The Morgan fingerprint density at radius 1 is 1.21 bits per heavy atom. The number of hydrogen-bond donors (Lipinski definition) is 1. The SMILES string of the molecule is COc1cc(OC)c(N2C[C@@H](C(=O)Nc3cc(F)ccc3C)CC2=O)cc1Cl. The molecular formula is C20H20ClFN2O4. The highest BCUT2D eigenvalue weighted by atomic mass is 35.5. The molecule has 0 bridgehead atoms. The Bertz CT molecular complexity index is 935. The molecule has 8 heteroatoms. The molecule has 28 heavy (non-hydrogen) atoms. The lowest BCUT2D eigenvalue weighted by Gasteiger charge is -2.21. The monoisotopic (exact) mass is 406 g/mol. The van der Waals surface area contributed by atoms with Gasteiger partial charge in [0, 0.05) is 24.7 Å². The minimum Gasteiger partial charge on any atom is -0.495 e. The van der Waals surface area contributed by atoms with E-state index in [0.29, 0.717) is 27.9 Å². The van der Waals surface area contributed by atoms with Gasteiger partial charge in [-0.1, -0.05) is 17.7 Å². The minimum atomic E-state index is -0.583. The van der Waals surface area contributed by atoms with Crippen LogP contribution in [0.15, 0.2) is 30.3 Å². The summed E-state index contributed by atoms with van der Waals surface area (Å²) in [6.07, 6.45) is 0.0347. The van der Waals surface area contributed by atoms with Gasteiger partial charge in [0.25, 0.3) is 0 Å². The summed E-state index contributed by atoms with van der Waals surface area (Å²) in [5, 5.41) is 3.04. The molecule has 0 radical (unpaired) electrons. The molecule has 1 N–H and O–H groups in total. The topological polar surface area (TPSA) is 67.9 Å². The molecule has 0 saturated carbocycles. The van der Waals surface area contributed by atoms with Crippen LogP contribution in [0.4, 0.5) is 15.8 Å².